The Morgan fingerprint density at radius 1 is 0.700 bits per heavy atom. The molecule has 7 rings (SSSR count). The second-order valence-corrected chi connectivity index (χ2v) is 14.7. The van der Waals surface area contributed by atoms with E-state index in [1.807, 2.05) is 0 Å². The Morgan fingerprint density at radius 2 is 1.43 bits per heavy atom. The molecule has 0 saturated heterocycles. The minimum Gasteiger partial charge on any atom is -0.307 e. The van der Waals surface area contributed by atoms with Gasteiger partial charge in [0.1, 0.15) is 7.05 Å². The van der Waals surface area contributed by atoms with Gasteiger partial charge in [-0.3, -0.25) is 0 Å². The highest BCUT2D eigenvalue weighted by atomic mass is 15.0. The van der Waals surface area contributed by atoms with E-state index >= 15 is 0 Å². The van der Waals surface area contributed by atoms with Crippen molar-refractivity contribution in [3.05, 3.63) is 83.0 Å². The number of hydrogen-bond donors (Lipinski definition) is 0. The Kier molecular flexibility index (Phi) is 5.19. The molecule has 0 saturated carbocycles. The van der Waals surface area contributed by atoms with Crippen molar-refractivity contribution in [3.8, 4) is 0 Å². The first-order chi connectivity index (χ1) is 18.8. The third kappa shape index (κ3) is 3.58. The maximum Gasteiger partial charge on any atom is 0.224 e. The van der Waals surface area contributed by atoms with Crippen LogP contribution in [0.5, 0.6) is 0 Å². The number of aromatic nitrogens is 2. The molecule has 40 heavy (non-hydrogen) atoms. The molecule has 0 aliphatic rings. The third-order valence-corrected chi connectivity index (χ3v) is 8.83. The third-order valence-electron chi connectivity index (χ3n) is 8.83. The van der Waals surface area contributed by atoms with Crippen molar-refractivity contribution >= 4 is 59.8 Å². The summed E-state index contributed by atoms with van der Waals surface area (Å²) in [6, 6.07) is 21.1. The highest BCUT2D eigenvalue weighted by molar-refractivity contribution is 6.29. The molecule has 3 heterocycles. The molecule has 202 valence electrons. The molecule has 0 atom stereocenters. The topological polar surface area (TPSA) is 8.29 Å². The lowest BCUT2D eigenvalue weighted by molar-refractivity contribution is -0.643. The molecular weight excluding hydrogens is 484 g/mol. The van der Waals surface area contributed by atoms with E-state index in [4.69, 9.17) is 0 Å². The zero-order valence-electron chi connectivity index (χ0n) is 25.6. The molecule has 2 nitrogen and oxygen atoms in total. The van der Waals surface area contributed by atoms with Crippen molar-refractivity contribution in [2.45, 2.75) is 68.2 Å². The second-order valence-electron chi connectivity index (χ2n) is 14.7. The Balaban J connectivity index is 1.88. The summed E-state index contributed by atoms with van der Waals surface area (Å²) in [5.74, 6) is 0. The minimum atomic E-state index is 0.143. The fourth-order valence-corrected chi connectivity index (χ4v) is 7.40. The van der Waals surface area contributed by atoms with Gasteiger partial charge in [-0.15, -0.1) is 0 Å². The summed E-state index contributed by atoms with van der Waals surface area (Å²) in [5.41, 5.74) is 11.4. The van der Waals surface area contributed by atoms with E-state index in [1.54, 1.807) is 0 Å². The predicted octanol–water partition coefficient (Wildman–Crippen LogP) is 9.76. The Morgan fingerprint density at radius 3 is 2.15 bits per heavy atom. The first-order valence-corrected chi connectivity index (χ1v) is 14.8. The van der Waals surface area contributed by atoms with Gasteiger partial charge >= 0.3 is 0 Å². The lowest BCUT2D eigenvalue weighted by Gasteiger charge is -2.24. The molecule has 0 aliphatic heterocycles. The van der Waals surface area contributed by atoms with Crippen molar-refractivity contribution in [2.75, 3.05) is 0 Å². The van der Waals surface area contributed by atoms with Gasteiger partial charge in [-0.05, 0) is 76.4 Å². The predicted molar refractivity (Wildman–Crippen MR) is 173 cm³/mol. The smallest absolute Gasteiger partial charge is 0.224 e. The fourth-order valence-electron chi connectivity index (χ4n) is 7.40. The summed E-state index contributed by atoms with van der Waals surface area (Å²) in [4.78, 5) is 0. The number of benzene rings is 4. The molecule has 0 aliphatic carbocycles. The number of aryl methyl sites for hydroxylation is 3. The number of fused-ring (bicyclic) bond motifs is 7. The van der Waals surface area contributed by atoms with Crippen molar-refractivity contribution in [2.24, 2.45) is 17.9 Å². The van der Waals surface area contributed by atoms with Crippen LogP contribution in [-0.2, 0) is 19.9 Å². The van der Waals surface area contributed by atoms with Crippen molar-refractivity contribution in [3.63, 3.8) is 0 Å². The highest BCUT2D eigenvalue weighted by Gasteiger charge is 2.29. The van der Waals surface area contributed by atoms with E-state index in [0.29, 0.717) is 0 Å². The molecule has 2 heteroatoms. The molecule has 0 N–H and O–H groups in total. The van der Waals surface area contributed by atoms with Crippen LogP contribution in [0.25, 0.3) is 59.8 Å². The molecule has 0 unspecified atom stereocenters. The van der Waals surface area contributed by atoms with Gasteiger partial charge in [-0.1, -0.05) is 89.6 Å². The van der Waals surface area contributed by atoms with Gasteiger partial charge in [0.05, 0.1) is 27.3 Å². The zero-order chi connectivity index (χ0) is 28.3. The number of hydrogen-bond acceptors (Lipinski definition) is 0. The standard InChI is InChI=1S/C38H41N2/c1-22-13-15-26-23(2)31-35(29(28(26)19-22)21-38(6,7)8)40-30-12-10-11-25(20-37(3,4)5)32(30)27-16-14-24-17-18-39(9)36(31)33(24)34(27)40/h10-19H,20-21H2,1-9H3/q+1. The van der Waals surface area contributed by atoms with E-state index in [9.17, 15) is 0 Å². The van der Waals surface area contributed by atoms with E-state index in [1.165, 1.54) is 82.0 Å². The van der Waals surface area contributed by atoms with E-state index in [0.717, 1.165) is 12.8 Å². The van der Waals surface area contributed by atoms with Crippen LogP contribution < -0.4 is 4.57 Å². The Bertz CT molecular complexity index is 2140. The van der Waals surface area contributed by atoms with Gasteiger partial charge in [0.2, 0.25) is 5.52 Å². The Labute approximate surface area is 237 Å². The summed E-state index contributed by atoms with van der Waals surface area (Å²) < 4.78 is 5.03. The van der Waals surface area contributed by atoms with Crippen molar-refractivity contribution < 1.29 is 4.57 Å². The van der Waals surface area contributed by atoms with Crippen LogP contribution in [0.1, 0.15) is 63.8 Å². The Hall–Kier alpha value is -3.65. The van der Waals surface area contributed by atoms with Gasteiger partial charge in [0, 0.05) is 16.8 Å². The number of pyridine rings is 2. The number of rotatable bonds is 2. The molecular formula is C38H41N2+. The van der Waals surface area contributed by atoms with Crippen LogP contribution in [0.15, 0.2) is 60.8 Å². The molecule has 0 radical (unpaired) electrons. The molecule has 0 bridgehead atoms. The fraction of sp³-hybridized carbons (Fsp3) is 0.342. The lowest BCUT2D eigenvalue weighted by Crippen LogP contribution is -2.29. The van der Waals surface area contributed by atoms with Crippen molar-refractivity contribution in [1.82, 2.24) is 4.40 Å². The summed E-state index contributed by atoms with van der Waals surface area (Å²) in [7, 11) is 2.23. The first kappa shape index (κ1) is 25.3. The summed E-state index contributed by atoms with van der Waals surface area (Å²) in [6.45, 7) is 18.8. The van der Waals surface area contributed by atoms with Crippen LogP contribution in [0.4, 0.5) is 0 Å². The summed E-state index contributed by atoms with van der Waals surface area (Å²) in [5, 5.41) is 9.66. The quantitative estimate of drug-likeness (QED) is 0.121. The summed E-state index contributed by atoms with van der Waals surface area (Å²) >= 11 is 0. The minimum absolute atomic E-state index is 0.143. The normalized spacial score (nSPS) is 13.3. The first-order valence-electron chi connectivity index (χ1n) is 14.8. The molecule has 0 amide bonds. The van der Waals surface area contributed by atoms with E-state index in [-0.39, 0.29) is 10.8 Å². The van der Waals surface area contributed by atoms with Crippen LogP contribution in [0.2, 0.25) is 0 Å². The largest absolute Gasteiger partial charge is 0.307 e. The average Bonchev–Trinajstić information content (AvgIpc) is 3.20. The summed E-state index contributed by atoms with van der Waals surface area (Å²) in [6.07, 6.45) is 4.31. The van der Waals surface area contributed by atoms with Crippen LogP contribution in [0, 0.1) is 24.7 Å². The van der Waals surface area contributed by atoms with Gasteiger partial charge < -0.3 is 4.40 Å². The number of nitrogens with zero attached hydrogens (tertiary/aromatic N) is 2. The van der Waals surface area contributed by atoms with Gasteiger partial charge in [0.25, 0.3) is 0 Å². The maximum atomic E-state index is 2.66. The van der Waals surface area contributed by atoms with Crippen LogP contribution in [0.3, 0.4) is 0 Å². The van der Waals surface area contributed by atoms with Crippen molar-refractivity contribution in [1.29, 1.82) is 0 Å². The SMILES string of the molecule is Cc1ccc2c(C)c3c(c(CC(C)(C)C)c2c1)n1c2cccc(CC(C)(C)C)c2c2ccc4cc[n+](C)c3c4c21. The second kappa shape index (κ2) is 8.19. The molecule has 0 spiro atoms. The van der Waals surface area contributed by atoms with Gasteiger partial charge in [-0.2, -0.15) is 0 Å². The molecule has 3 aromatic heterocycles. The monoisotopic (exact) mass is 525 g/mol. The molecule has 0 fully saturated rings. The molecule has 4 aromatic carbocycles. The average molecular weight is 526 g/mol. The molecule has 7 aromatic rings. The van der Waals surface area contributed by atoms with E-state index < -0.39 is 0 Å². The zero-order valence-corrected chi connectivity index (χ0v) is 25.6. The van der Waals surface area contributed by atoms with E-state index in [2.05, 4.69) is 132 Å². The van der Waals surface area contributed by atoms with Gasteiger partial charge in [-0.25, -0.2) is 4.57 Å². The van der Waals surface area contributed by atoms with Crippen LogP contribution in [-0.4, -0.2) is 4.40 Å². The van der Waals surface area contributed by atoms with Crippen LogP contribution >= 0.6 is 0 Å². The van der Waals surface area contributed by atoms with Gasteiger partial charge in [0.15, 0.2) is 6.20 Å². The maximum absolute atomic E-state index is 2.66. The lowest BCUT2D eigenvalue weighted by atomic mass is 9.83. The highest BCUT2D eigenvalue weighted by Crippen LogP contribution is 2.46.